The summed E-state index contributed by atoms with van der Waals surface area (Å²) in [5, 5.41) is 5.54. The van der Waals surface area contributed by atoms with Gasteiger partial charge >= 0.3 is 0 Å². The van der Waals surface area contributed by atoms with Crippen LogP contribution in [-0.2, 0) is 13.1 Å². The van der Waals surface area contributed by atoms with E-state index in [1.165, 1.54) is 12.1 Å². The molecule has 0 radical (unpaired) electrons. The van der Waals surface area contributed by atoms with E-state index in [1.54, 1.807) is 42.6 Å². The van der Waals surface area contributed by atoms with E-state index in [1.807, 2.05) is 18.2 Å². The number of nitrogens with zero attached hydrogens (tertiary/aromatic N) is 1. The number of hydrogen-bond acceptors (Lipinski definition) is 3. The first-order chi connectivity index (χ1) is 13.1. The second-order valence-corrected chi connectivity index (χ2v) is 5.89. The molecule has 136 valence electrons. The second kappa shape index (κ2) is 8.71. The van der Waals surface area contributed by atoms with Crippen molar-refractivity contribution < 1.29 is 14.0 Å². The summed E-state index contributed by atoms with van der Waals surface area (Å²) in [4.78, 5) is 28.5. The van der Waals surface area contributed by atoms with Gasteiger partial charge in [-0.3, -0.25) is 14.6 Å². The Morgan fingerprint density at radius 3 is 1.93 bits per heavy atom. The molecule has 27 heavy (non-hydrogen) atoms. The Kier molecular flexibility index (Phi) is 5.89. The van der Waals surface area contributed by atoms with Gasteiger partial charge in [-0.2, -0.15) is 0 Å². The van der Waals surface area contributed by atoms with Crippen molar-refractivity contribution in [1.29, 1.82) is 0 Å². The number of carbonyl (C=O) groups excluding carboxylic acids is 2. The first kappa shape index (κ1) is 18.3. The molecule has 0 spiro atoms. The zero-order chi connectivity index (χ0) is 19.1. The van der Waals surface area contributed by atoms with Gasteiger partial charge in [0.05, 0.1) is 12.2 Å². The van der Waals surface area contributed by atoms with E-state index in [0.29, 0.717) is 24.2 Å². The molecule has 0 bridgehead atoms. The Labute approximate surface area is 156 Å². The quantitative estimate of drug-likeness (QED) is 0.707. The molecule has 0 aliphatic heterocycles. The minimum atomic E-state index is -0.318. The number of benzene rings is 2. The molecule has 3 aromatic rings. The molecule has 2 aromatic carbocycles. The zero-order valence-corrected chi connectivity index (χ0v) is 14.5. The first-order valence-corrected chi connectivity index (χ1v) is 8.42. The van der Waals surface area contributed by atoms with Crippen molar-refractivity contribution in [1.82, 2.24) is 15.6 Å². The average molecular weight is 363 g/mol. The minimum Gasteiger partial charge on any atom is -0.348 e. The molecule has 1 heterocycles. The number of aromatic nitrogens is 1. The fourth-order valence-electron chi connectivity index (χ4n) is 2.44. The van der Waals surface area contributed by atoms with Gasteiger partial charge in [0.1, 0.15) is 5.82 Å². The molecule has 6 heteroatoms. The number of halogens is 1. The Morgan fingerprint density at radius 2 is 1.37 bits per heavy atom. The lowest BCUT2D eigenvalue weighted by molar-refractivity contribution is 0.0939. The van der Waals surface area contributed by atoms with Gasteiger partial charge in [-0.1, -0.05) is 18.2 Å². The molecule has 2 N–H and O–H groups in total. The lowest BCUT2D eigenvalue weighted by Gasteiger charge is -2.07. The predicted octanol–water partition coefficient (Wildman–Crippen LogP) is 3.08. The fourth-order valence-corrected chi connectivity index (χ4v) is 2.44. The van der Waals surface area contributed by atoms with Gasteiger partial charge in [0, 0.05) is 23.9 Å². The largest absolute Gasteiger partial charge is 0.348 e. The van der Waals surface area contributed by atoms with Crippen molar-refractivity contribution >= 4 is 11.8 Å². The maximum Gasteiger partial charge on any atom is 0.251 e. The van der Waals surface area contributed by atoms with Crippen molar-refractivity contribution in [3.63, 3.8) is 0 Å². The molecular weight excluding hydrogens is 345 g/mol. The lowest BCUT2D eigenvalue weighted by Crippen LogP contribution is -2.24. The van der Waals surface area contributed by atoms with Crippen LogP contribution in [0.25, 0.3) is 0 Å². The average Bonchev–Trinajstić information content (AvgIpc) is 2.72. The van der Waals surface area contributed by atoms with Crippen molar-refractivity contribution in [3.05, 3.63) is 101 Å². The number of amides is 2. The van der Waals surface area contributed by atoms with E-state index in [9.17, 15) is 14.0 Å². The third kappa shape index (κ3) is 5.22. The number of rotatable bonds is 6. The van der Waals surface area contributed by atoms with E-state index < -0.39 is 0 Å². The predicted molar refractivity (Wildman–Crippen MR) is 99.4 cm³/mol. The first-order valence-electron chi connectivity index (χ1n) is 8.42. The Balaban J connectivity index is 1.53. The lowest BCUT2D eigenvalue weighted by atomic mass is 10.1. The third-order valence-corrected chi connectivity index (χ3v) is 3.93. The van der Waals surface area contributed by atoms with Gasteiger partial charge in [0.25, 0.3) is 11.8 Å². The van der Waals surface area contributed by atoms with Gasteiger partial charge in [-0.25, -0.2) is 4.39 Å². The summed E-state index contributed by atoms with van der Waals surface area (Å²) in [7, 11) is 0. The van der Waals surface area contributed by atoms with Gasteiger partial charge in [0.15, 0.2) is 0 Å². The standard InChI is InChI=1S/C21H18FN3O2/c22-18-10-4-15(5-11-18)13-24-20(26)16-6-8-17(9-7-16)21(27)25-14-19-3-1-2-12-23-19/h1-12H,13-14H2,(H,24,26)(H,25,27). The number of pyridine rings is 1. The highest BCUT2D eigenvalue weighted by atomic mass is 19.1. The van der Waals surface area contributed by atoms with Crippen LogP contribution in [0.15, 0.2) is 72.9 Å². The van der Waals surface area contributed by atoms with E-state index in [2.05, 4.69) is 15.6 Å². The molecular formula is C21H18FN3O2. The maximum absolute atomic E-state index is 12.9. The molecule has 0 saturated heterocycles. The van der Waals surface area contributed by atoms with Crippen LogP contribution in [0.4, 0.5) is 4.39 Å². The van der Waals surface area contributed by atoms with Crippen LogP contribution in [0.1, 0.15) is 32.0 Å². The van der Waals surface area contributed by atoms with Crippen molar-refractivity contribution in [3.8, 4) is 0 Å². The third-order valence-electron chi connectivity index (χ3n) is 3.93. The van der Waals surface area contributed by atoms with Crippen molar-refractivity contribution in [2.75, 3.05) is 0 Å². The van der Waals surface area contributed by atoms with Crippen LogP contribution in [-0.4, -0.2) is 16.8 Å². The summed E-state index contributed by atoms with van der Waals surface area (Å²) < 4.78 is 12.9. The smallest absolute Gasteiger partial charge is 0.251 e. The fraction of sp³-hybridized carbons (Fsp3) is 0.0952. The maximum atomic E-state index is 12.9. The van der Waals surface area contributed by atoms with E-state index in [0.717, 1.165) is 11.3 Å². The molecule has 0 aliphatic rings. The highest BCUT2D eigenvalue weighted by molar-refractivity contribution is 5.97. The molecule has 0 fully saturated rings. The van der Waals surface area contributed by atoms with Crippen molar-refractivity contribution in [2.24, 2.45) is 0 Å². The summed E-state index contributed by atoms with van der Waals surface area (Å²) >= 11 is 0. The molecule has 3 rings (SSSR count). The van der Waals surface area contributed by atoms with E-state index in [-0.39, 0.29) is 17.6 Å². The SMILES string of the molecule is O=C(NCc1ccc(F)cc1)c1ccc(C(=O)NCc2ccccn2)cc1. The van der Waals surface area contributed by atoms with Crippen LogP contribution in [0.3, 0.4) is 0 Å². The van der Waals surface area contributed by atoms with Gasteiger partial charge in [-0.05, 0) is 54.1 Å². The number of carbonyl (C=O) groups is 2. The summed E-state index contributed by atoms with van der Waals surface area (Å²) in [6.45, 7) is 0.630. The Hall–Kier alpha value is -3.54. The van der Waals surface area contributed by atoms with Crippen molar-refractivity contribution in [2.45, 2.75) is 13.1 Å². The van der Waals surface area contributed by atoms with E-state index in [4.69, 9.17) is 0 Å². The summed E-state index contributed by atoms with van der Waals surface area (Å²) in [5.74, 6) is -0.819. The molecule has 0 saturated carbocycles. The monoisotopic (exact) mass is 363 g/mol. The van der Waals surface area contributed by atoms with Gasteiger partial charge < -0.3 is 10.6 Å². The Bertz CT molecular complexity index is 910. The summed E-state index contributed by atoms with van der Waals surface area (Å²) in [6.07, 6.45) is 1.67. The molecule has 1 aromatic heterocycles. The molecule has 2 amide bonds. The zero-order valence-electron chi connectivity index (χ0n) is 14.5. The highest BCUT2D eigenvalue weighted by Crippen LogP contribution is 2.07. The topological polar surface area (TPSA) is 71.1 Å². The number of hydrogen-bond donors (Lipinski definition) is 2. The van der Waals surface area contributed by atoms with Gasteiger partial charge in [0.2, 0.25) is 0 Å². The van der Waals surface area contributed by atoms with Crippen LogP contribution in [0, 0.1) is 5.82 Å². The molecule has 0 unspecified atom stereocenters. The van der Waals surface area contributed by atoms with Crippen LogP contribution in [0.2, 0.25) is 0 Å². The van der Waals surface area contributed by atoms with Crippen LogP contribution >= 0.6 is 0 Å². The molecule has 0 aliphatic carbocycles. The molecule has 0 atom stereocenters. The van der Waals surface area contributed by atoms with E-state index >= 15 is 0 Å². The molecule has 5 nitrogen and oxygen atoms in total. The highest BCUT2D eigenvalue weighted by Gasteiger charge is 2.09. The summed E-state index contributed by atoms with van der Waals surface area (Å²) in [5.41, 5.74) is 2.47. The normalized spacial score (nSPS) is 10.3. The summed E-state index contributed by atoms with van der Waals surface area (Å²) in [6, 6.07) is 17.8. The minimum absolute atomic E-state index is 0.237. The second-order valence-electron chi connectivity index (χ2n) is 5.89. The number of nitrogens with one attached hydrogen (secondary N) is 2. The van der Waals surface area contributed by atoms with Crippen LogP contribution < -0.4 is 10.6 Å². The van der Waals surface area contributed by atoms with Crippen LogP contribution in [0.5, 0.6) is 0 Å². The Morgan fingerprint density at radius 1 is 0.778 bits per heavy atom. The van der Waals surface area contributed by atoms with Gasteiger partial charge in [-0.15, -0.1) is 0 Å².